The lowest BCUT2D eigenvalue weighted by Gasteiger charge is -2.30. The molecule has 0 aromatic rings. The molecule has 150 valence electrons. The second-order valence-electron chi connectivity index (χ2n) is 7.94. The van der Waals surface area contributed by atoms with E-state index in [0.29, 0.717) is 18.9 Å². The van der Waals surface area contributed by atoms with Gasteiger partial charge in [-0.3, -0.25) is 9.59 Å². The summed E-state index contributed by atoms with van der Waals surface area (Å²) in [6.07, 6.45) is 3.82. The Morgan fingerprint density at radius 1 is 1.12 bits per heavy atom. The first-order valence-electron chi connectivity index (χ1n) is 9.73. The monoisotopic (exact) mass is 369 g/mol. The summed E-state index contributed by atoms with van der Waals surface area (Å²) in [7, 11) is 0. The van der Waals surface area contributed by atoms with Crippen LogP contribution in [0.5, 0.6) is 0 Å². The molecule has 7 nitrogen and oxygen atoms in total. The van der Waals surface area contributed by atoms with Crippen LogP contribution in [0.3, 0.4) is 0 Å². The molecule has 5 N–H and O–H groups in total. The number of carbonyl (C=O) groups is 3. The first kappa shape index (κ1) is 22.4. The molecule has 7 heteroatoms. The lowest BCUT2D eigenvalue weighted by molar-refractivity contribution is -0.144. The molecule has 0 saturated heterocycles. The molecule has 0 spiro atoms. The minimum atomic E-state index is -0.981. The molecule has 2 amide bonds. The van der Waals surface area contributed by atoms with Crippen LogP contribution in [0.15, 0.2) is 0 Å². The van der Waals surface area contributed by atoms with E-state index in [2.05, 4.69) is 10.6 Å². The van der Waals surface area contributed by atoms with Gasteiger partial charge in [0, 0.05) is 12.5 Å². The van der Waals surface area contributed by atoms with Gasteiger partial charge in [-0.1, -0.05) is 34.1 Å². The van der Waals surface area contributed by atoms with Crippen LogP contribution in [0, 0.1) is 23.7 Å². The van der Waals surface area contributed by atoms with Crippen LogP contribution >= 0.6 is 0 Å². The van der Waals surface area contributed by atoms with Crippen molar-refractivity contribution in [1.29, 1.82) is 0 Å². The van der Waals surface area contributed by atoms with Gasteiger partial charge in [0.05, 0.1) is 6.04 Å². The summed E-state index contributed by atoms with van der Waals surface area (Å²) in [6, 6.07) is -1.33. The number of hydrogen-bond acceptors (Lipinski definition) is 4. The summed E-state index contributed by atoms with van der Waals surface area (Å²) < 4.78 is 0. The van der Waals surface area contributed by atoms with E-state index in [4.69, 9.17) is 5.73 Å². The fraction of sp³-hybridized carbons (Fsp3) is 0.842. The maximum Gasteiger partial charge on any atom is 0.326 e. The molecule has 0 aromatic carbocycles. The minimum Gasteiger partial charge on any atom is -0.480 e. The normalized spacial score (nSPS) is 23.8. The fourth-order valence-corrected chi connectivity index (χ4v) is 3.25. The molecule has 1 rings (SSSR count). The molecule has 0 radical (unpaired) electrons. The number of nitrogens with two attached hydrogens (primary N) is 1. The Labute approximate surface area is 156 Å². The molecule has 26 heavy (non-hydrogen) atoms. The lowest BCUT2D eigenvalue weighted by Crippen LogP contribution is -2.48. The maximum absolute atomic E-state index is 12.4. The van der Waals surface area contributed by atoms with Crippen LogP contribution in [-0.2, 0) is 14.4 Å². The van der Waals surface area contributed by atoms with Crippen LogP contribution in [0.25, 0.3) is 0 Å². The van der Waals surface area contributed by atoms with Crippen LogP contribution in [0.2, 0.25) is 0 Å². The molecule has 3 atom stereocenters. The van der Waals surface area contributed by atoms with Gasteiger partial charge in [0.25, 0.3) is 0 Å². The quantitative estimate of drug-likeness (QED) is 0.491. The van der Waals surface area contributed by atoms with Crippen molar-refractivity contribution in [2.75, 3.05) is 6.54 Å². The second-order valence-corrected chi connectivity index (χ2v) is 7.94. The summed E-state index contributed by atoms with van der Waals surface area (Å²) in [5.74, 6) is -1.08. The smallest absolute Gasteiger partial charge is 0.326 e. The third-order valence-electron chi connectivity index (χ3n) is 5.58. The molecular weight excluding hydrogens is 334 g/mol. The van der Waals surface area contributed by atoms with E-state index in [1.165, 1.54) is 0 Å². The highest BCUT2D eigenvalue weighted by molar-refractivity contribution is 5.85. The van der Waals surface area contributed by atoms with Crippen LogP contribution < -0.4 is 16.4 Å². The van der Waals surface area contributed by atoms with Crippen LogP contribution in [0.1, 0.15) is 59.8 Å². The molecule has 1 fully saturated rings. The Kier molecular flexibility index (Phi) is 9.05. The van der Waals surface area contributed by atoms with Crippen molar-refractivity contribution in [2.45, 2.75) is 71.9 Å². The Morgan fingerprint density at radius 2 is 1.69 bits per heavy atom. The number of carboxylic acids is 1. The van der Waals surface area contributed by atoms with Gasteiger partial charge in [0.1, 0.15) is 6.04 Å². The minimum absolute atomic E-state index is 0.0992. The second kappa shape index (κ2) is 10.5. The zero-order chi connectivity index (χ0) is 19.9. The highest BCUT2D eigenvalue weighted by atomic mass is 16.4. The molecule has 1 aliphatic rings. The van der Waals surface area contributed by atoms with Gasteiger partial charge in [0.2, 0.25) is 11.8 Å². The molecule has 1 saturated carbocycles. The molecule has 1 unspecified atom stereocenters. The molecule has 0 aromatic heterocycles. The van der Waals surface area contributed by atoms with Crippen molar-refractivity contribution in [1.82, 2.24) is 10.6 Å². The average Bonchev–Trinajstić information content (AvgIpc) is 2.62. The SMILES string of the molecule is CCC(C)[C@H](NC(=O)C1CCC(CNC(=O)[C@@H](N)C(C)C)CC1)C(=O)O. The molecule has 0 heterocycles. The van der Waals surface area contributed by atoms with Gasteiger partial charge in [-0.25, -0.2) is 4.79 Å². The summed E-state index contributed by atoms with van der Waals surface area (Å²) in [4.78, 5) is 35.7. The summed E-state index contributed by atoms with van der Waals surface area (Å²) in [5, 5.41) is 14.9. The third-order valence-corrected chi connectivity index (χ3v) is 5.58. The fourth-order valence-electron chi connectivity index (χ4n) is 3.25. The van der Waals surface area contributed by atoms with Crippen molar-refractivity contribution in [3.63, 3.8) is 0 Å². The van der Waals surface area contributed by atoms with E-state index in [1.807, 2.05) is 27.7 Å². The van der Waals surface area contributed by atoms with Crippen molar-refractivity contribution in [3.8, 4) is 0 Å². The maximum atomic E-state index is 12.4. The summed E-state index contributed by atoms with van der Waals surface area (Å²) in [5.41, 5.74) is 5.83. The van der Waals surface area contributed by atoms with Crippen molar-refractivity contribution in [3.05, 3.63) is 0 Å². The van der Waals surface area contributed by atoms with E-state index >= 15 is 0 Å². The number of amides is 2. The van der Waals surface area contributed by atoms with E-state index in [0.717, 1.165) is 25.7 Å². The van der Waals surface area contributed by atoms with Gasteiger partial charge in [-0.05, 0) is 43.4 Å². The number of aliphatic carboxylic acids is 1. The zero-order valence-corrected chi connectivity index (χ0v) is 16.5. The van der Waals surface area contributed by atoms with Gasteiger partial charge in [0.15, 0.2) is 0 Å². The predicted octanol–water partition coefficient (Wildman–Crippen LogP) is 1.51. The van der Waals surface area contributed by atoms with E-state index in [1.54, 1.807) is 0 Å². The lowest BCUT2D eigenvalue weighted by atomic mass is 9.81. The first-order valence-corrected chi connectivity index (χ1v) is 9.73. The summed E-state index contributed by atoms with van der Waals surface area (Å²) >= 11 is 0. The van der Waals surface area contributed by atoms with E-state index in [9.17, 15) is 19.5 Å². The van der Waals surface area contributed by atoms with Crippen molar-refractivity contribution < 1.29 is 19.5 Å². The van der Waals surface area contributed by atoms with Crippen molar-refractivity contribution >= 4 is 17.8 Å². The summed E-state index contributed by atoms with van der Waals surface area (Å²) in [6.45, 7) is 8.16. The number of carbonyl (C=O) groups excluding carboxylic acids is 2. The predicted molar refractivity (Wildman–Crippen MR) is 100 cm³/mol. The highest BCUT2D eigenvalue weighted by Crippen LogP contribution is 2.29. The van der Waals surface area contributed by atoms with Gasteiger partial charge in [-0.15, -0.1) is 0 Å². The standard InChI is InChI=1S/C19H35N3O4/c1-5-12(4)16(19(25)26)22-17(23)14-8-6-13(7-9-14)10-21-18(24)15(20)11(2)3/h11-16H,5-10,20H2,1-4H3,(H,21,24)(H,22,23)(H,25,26)/t12?,13?,14?,15-,16-/m0/s1. The molecular formula is C19H35N3O4. The highest BCUT2D eigenvalue weighted by Gasteiger charge is 2.31. The number of rotatable bonds is 9. The van der Waals surface area contributed by atoms with Gasteiger partial charge in [-0.2, -0.15) is 0 Å². The van der Waals surface area contributed by atoms with Crippen LogP contribution in [-0.4, -0.2) is 41.5 Å². The van der Waals surface area contributed by atoms with Crippen molar-refractivity contribution in [2.24, 2.45) is 29.4 Å². The number of nitrogens with one attached hydrogen (secondary N) is 2. The topological polar surface area (TPSA) is 122 Å². The van der Waals surface area contributed by atoms with E-state index in [-0.39, 0.29) is 29.6 Å². The van der Waals surface area contributed by atoms with Gasteiger partial charge >= 0.3 is 5.97 Å². The Hall–Kier alpha value is -1.63. The Morgan fingerprint density at radius 3 is 2.15 bits per heavy atom. The largest absolute Gasteiger partial charge is 0.480 e. The molecule has 0 aliphatic heterocycles. The van der Waals surface area contributed by atoms with E-state index < -0.39 is 18.1 Å². The van der Waals surface area contributed by atoms with Gasteiger partial charge < -0.3 is 21.5 Å². The number of hydrogen-bond donors (Lipinski definition) is 4. The average molecular weight is 370 g/mol. The first-order chi connectivity index (χ1) is 12.2. The molecule has 0 bridgehead atoms. The Balaban J connectivity index is 2.42. The molecule has 1 aliphatic carbocycles. The van der Waals surface area contributed by atoms with Crippen LogP contribution in [0.4, 0.5) is 0 Å². The zero-order valence-electron chi connectivity index (χ0n) is 16.5. The Bertz CT molecular complexity index is 487. The number of carboxylic acid groups (broad SMARTS) is 1. The third kappa shape index (κ3) is 6.59.